The van der Waals surface area contributed by atoms with Crippen LogP contribution in [0.15, 0.2) is 65.3 Å². The number of aryl methyl sites for hydroxylation is 2. The van der Waals surface area contributed by atoms with Crippen molar-refractivity contribution in [3.8, 4) is 0 Å². The quantitative estimate of drug-likeness (QED) is 0.491. The average Bonchev–Trinajstić information content (AvgIpc) is 3.28. The van der Waals surface area contributed by atoms with E-state index in [1.54, 1.807) is 35.4 Å². The molecule has 3 rings (SSSR count). The summed E-state index contributed by atoms with van der Waals surface area (Å²) in [5.74, 6) is 0.0550. The second-order valence-corrected chi connectivity index (χ2v) is 8.37. The maximum atomic E-state index is 13.3. The number of halogens is 1. The topological polar surface area (TPSA) is 65.8 Å². The first-order valence-corrected chi connectivity index (χ1v) is 10.9. The Hall–Kier alpha value is -3.61. The summed E-state index contributed by atoms with van der Waals surface area (Å²) < 4.78 is 18.8. The van der Waals surface area contributed by atoms with E-state index in [9.17, 15) is 14.0 Å². The van der Waals surface area contributed by atoms with Gasteiger partial charge in [-0.25, -0.2) is 9.18 Å². The molecule has 0 saturated carbocycles. The molecule has 7 heteroatoms. The zero-order valence-electron chi connectivity index (χ0n) is 19.5. The van der Waals surface area contributed by atoms with Gasteiger partial charge >= 0.3 is 6.03 Å². The van der Waals surface area contributed by atoms with Crippen molar-refractivity contribution in [3.63, 3.8) is 0 Å². The Labute approximate surface area is 194 Å². The van der Waals surface area contributed by atoms with Gasteiger partial charge in [0.15, 0.2) is 0 Å². The Bertz CT molecular complexity index is 1060. The molecule has 0 aliphatic heterocycles. The zero-order chi connectivity index (χ0) is 24.0. The lowest BCUT2D eigenvalue weighted by molar-refractivity contribution is -0.133. The van der Waals surface area contributed by atoms with Crippen LogP contribution in [0.25, 0.3) is 0 Å². The number of nitrogens with zero attached hydrogens (tertiary/aromatic N) is 2. The van der Waals surface area contributed by atoms with Crippen LogP contribution >= 0.6 is 0 Å². The first kappa shape index (κ1) is 24.0. The summed E-state index contributed by atoms with van der Waals surface area (Å²) >= 11 is 0. The van der Waals surface area contributed by atoms with Crippen LogP contribution in [0.4, 0.5) is 14.9 Å². The second-order valence-electron chi connectivity index (χ2n) is 8.37. The molecule has 0 aliphatic carbocycles. The number of urea groups is 1. The van der Waals surface area contributed by atoms with E-state index in [1.807, 2.05) is 45.9 Å². The first-order chi connectivity index (χ1) is 15.7. The number of rotatable bonds is 8. The smallest absolute Gasteiger partial charge is 0.322 e. The Morgan fingerprint density at radius 1 is 0.970 bits per heavy atom. The van der Waals surface area contributed by atoms with Gasteiger partial charge in [-0.1, -0.05) is 30.3 Å². The predicted molar refractivity (Wildman–Crippen MR) is 126 cm³/mol. The summed E-state index contributed by atoms with van der Waals surface area (Å²) in [7, 11) is 0. The van der Waals surface area contributed by atoms with E-state index in [0.717, 1.165) is 22.4 Å². The van der Waals surface area contributed by atoms with Gasteiger partial charge in [0.2, 0.25) is 5.91 Å². The molecular weight excluding hydrogens is 421 g/mol. The highest BCUT2D eigenvalue weighted by molar-refractivity contribution is 5.93. The summed E-state index contributed by atoms with van der Waals surface area (Å²) in [6, 6.07) is 14.8. The van der Waals surface area contributed by atoms with E-state index >= 15 is 0 Å². The SMILES string of the molecule is Cc1cccc(C)c1NC(=O)N(CC(=O)N(Cc1ccc(F)cc1)Cc1ccco1)C(C)C. The van der Waals surface area contributed by atoms with Crippen molar-refractivity contribution in [2.45, 2.75) is 46.8 Å². The van der Waals surface area contributed by atoms with Crippen LogP contribution in [-0.2, 0) is 17.9 Å². The Kier molecular flexibility index (Phi) is 7.87. The average molecular weight is 452 g/mol. The molecule has 1 N–H and O–H groups in total. The molecule has 0 bridgehead atoms. The molecular formula is C26H30FN3O3. The van der Waals surface area contributed by atoms with Crippen molar-refractivity contribution >= 4 is 17.6 Å². The van der Waals surface area contributed by atoms with E-state index in [2.05, 4.69) is 5.32 Å². The van der Waals surface area contributed by atoms with Crippen LogP contribution in [0.3, 0.4) is 0 Å². The first-order valence-electron chi connectivity index (χ1n) is 10.9. The third kappa shape index (κ3) is 6.44. The van der Waals surface area contributed by atoms with E-state index in [4.69, 9.17) is 4.42 Å². The molecule has 3 aromatic rings. The molecule has 2 aromatic carbocycles. The molecule has 0 aliphatic rings. The van der Waals surface area contributed by atoms with Crippen molar-refractivity contribution < 1.29 is 18.4 Å². The Morgan fingerprint density at radius 3 is 2.21 bits per heavy atom. The monoisotopic (exact) mass is 451 g/mol. The molecule has 1 aromatic heterocycles. The van der Waals surface area contributed by atoms with Crippen molar-refractivity contribution in [1.29, 1.82) is 0 Å². The molecule has 0 spiro atoms. The summed E-state index contributed by atoms with van der Waals surface area (Å²) in [4.78, 5) is 29.6. The lowest BCUT2D eigenvalue weighted by Crippen LogP contribution is -2.47. The maximum absolute atomic E-state index is 13.3. The van der Waals surface area contributed by atoms with Gasteiger partial charge < -0.3 is 19.5 Å². The standard InChI is InChI=1S/C26H30FN3O3/c1-18(2)30(26(32)28-25-19(3)7-5-8-20(25)4)17-24(31)29(16-23-9-6-14-33-23)15-21-10-12-22(27)13-11-21/h5-14,18H,15-17H2,1-4H3,(H,28,32). The molecule has 174 valence electrons. The summed E-state index contributed by atoms with van der Waals surface area (Å²) in [5.41, 5.74) is 3.44. The van der Waals surface area contributed by atoms with Crippen LogP contribution in [-0.4, -0.2) is 34.3 Å². The number of hydrogen-bond donors (Lipinski definition) is 1. The lowest BCUT2D eigenvalue weighted by atomic mass is 10.1. The number of benzene rings is 2. The van der Waals surface area contributed by atoms with E-state index in [0.29, 0.717) is 5.76 Å². The molecule has 1 heterocycles. The number of furan rings is 1. The number of para-hydroxylation sites is 1. The largest absolute Gasteiger partial charge is 0.467 e. The molecule has 0 fully saturated rings. The molecule has 0 atom stereocenters. The van der Waals surface area contributed by atoms with Gasteiger partial charge in [0.05, 0.1) is 12.8 Å². The summed E-state index contributed by atoms with van der Waals surface area (Å²) in [5, 5.41) is 2.96. The highest BCUT2D eigenvalue weighted by Gasteiger charge is 2.25. The molecule has 0 saturated heterocycles. The number of nitrogens with one attached hydrogen (secondary N) is 1. The van der Waals surface area contributed by atoms with E-state index in [1.165, 1.54) is 17.0 Å². The molecule has 0 unspecified atom stereocenters. The minimum absolute atomic E-state index is 0.101. The fraction of sp³-hybridized carbons (Fsp3) is 0.308. The number of hydrogen-bond acceptors (Lipinski definition) is 3. The number of amides is 3. The van der Waals surface area contributed by atoms with Gasteiger partial charge in [0.1, 0.15) is 18.1 Å². The Morgan fingerprint density at radius 2 is 1.64 bits per heavy atom. The van der Waals surface area contributed by atoms with Crippen LogP contribution in [0, 0.1) is 19.7 Å². The normalized spacial score (nSPS) is 10.8. The fourth-order valence-electron chi connectivity index (χ4n) is 3.56. The van der Waals surface area contributed by atoms with Gasteiger partial charge in [-0.15, -0.1) is 0 Å². The zero-order valence-corrected chi connectivity index (χ0v) is 19.5. The molecule has 6 nitrogen and oxygen atoms in total. The van der Waals surface area contributed by atoms with Crippen LogP contribution < -0.4 is 5.32 Å². The van der Waals surface area contributed by atoms with Gasteiger partial charge in [0.25, 0.3) is 0 Å². The second kappa shape index (κ2) is 10.8. The Balaban J connectivity index is 1.77. The summed E-state index contributed by atoms with van der Waals surface area (Å²) in [6.07, 6.45) is 1.55. The van der Waals surface area contributed by atoms with Crippen LogP contribution in [0.1, 0.15) is 36.3 Å². The third-order valence-electron chi connectivity index (χ3n) is 5.47. The van der Waals surface area contributed by atoms with Gasteiger partial charge in [0, 0.05) is 18.3 Å². The number of anilines is 1. The van der Waals surface area contributed by atoms with Crippen LogP contribution in [0.2, 0.25) is 0 Å². The van der Waals surface area contributed by atoms with Crippen LogP contribution in [0.5, 0.6) is 0 Å². The van der Waals surface area contributed by atoms with Gasteiger partial charge in [-0.3, -0.25) is 4.79 Å². The fourth-order valence-corrected chi connectivity index (χ4v) is 3.56. The van der Waals surface area contributed by atoms with Gasteiger partial charge in [-0.2, -0.15) is 0 Å². The van der Waals surface area contributed by atoms with E-state index in [-0.39, 0.29) is 43.4 Å². The van der Waals surface area contributed by atoms with Crippen molar-refractivity contribution in [1.82, 2.24) is 9.80 Å². The minimum Gasteiger partial charge on any atom is -0.467 e. The molecule has 33 heavy (non-hydrogen) atoms. The summed E-state index contributed by atoms with van der Waals surface area (Å²) in [6.45, 7) is 8.01. The highest BCUT2D eigenvalue weighted by atomic mass is 19.1. The van der Waals surface area contributed by atoms with E-state index < -0.39 is 0 Å². The van der Waals surface area contributed by atoms with Crippen molar-refractivity contribution in [3.05, 3.63) is 89.1 Å². The van der Waals surface area contributed by atoms with Crippen molar-refractivity contribution in [2.75, 3.05) is 11.9 Å². The number of carbonyl (C=O) groups excluding carboxylic acids is 2. The molecule has 0 radical (unpaired) electrons. The lowest BCUT2D eigenvalue weighted by Gasteiger charge is -2.30. The predicted octanol–water partition coefficient (Wildman–Crippen LogP) is 5.51. The third-order valence-corrected chi connectivity index (χ3v) is 5.47. The van der Waals surface area contributed by atoms with Crippen molar-refractivity contribution in [2.24, 2.45) is 0 Å². The van der Waals surface area contributed by atoms with Gasteiger partial charge in [-0.05, 0) is 68.7 Å². The maximum Gasteiger partial charge on any atom is 0.322 e. The highest BCUT2D eigenvalue weighted by Crippen LogP contribution is 2.20. The minimum atomic E-state index is -0.338. The molecule has 3 amide bonds. The number of carbonyl (C=O) groups is 2.